The Morgan fingerprint density at radius 1 is 0.658 bits per heavy atom. The van der Waals surface area contributed by atoms with Gasteiger partial charge in [-0.15, -0.1) is 24.4 Å². The van der Waals surface area contributed by atoms with Gasteiger partial charge in [0.2, 0.25) is 0 Å². The van der Waals surface area contributed by atoms with Gasteiger partial charge in [0, 0.05) is 35.3 Å². The first-order chi connectivity index (χ1) is 18.7. The molecule has 0 saturated heterocycles. The third kappa shape index (κ3) is 64.1. The largest absolute Gasteiger partial charge is 0.394 e. The number of aliphatic hydroxyl groups excluding tert-OH is 2. The van der Waals surface area contributed by atoms with Crippen molar-refractivity contribution in [1.82, 2.24) is 0 Å². The van der Waals surface area contributed by atoms with Crippen LogP contribution < -0.4 is 5.73 Å². The highest BCUT2D eigenvalue weighted by Crippen LogP contribution is 1.81. The molecule has 15 nitrogen and oxygen atoms in total. The highest BCUT2D eigenvalue weighted by Gasteiger charge is 1.88. The Kier molecular flexibility index (Phi) is 57.8. The van der Waals surface area contributed by atoms with E-state index in [2.05, 4.69) is 31.9 Å². The van der Waals surface area contributed by atoms with Gasteiger partial charge in [0.15, 0.2) is 0 Å². The van der Waals surface area contributed by atoms with Crippen LogP contribution in [0.2, 0.25) is 0 Å². The maximum Gasteiger partial charge on any atom is 0.107 e. The lowest BCUT2D eigenvalue weighted by atomic mass is 10.7. The molecule has 0 radical (unpaired) electrons. The number of terminal acetylenes is 2. The van der Waals surface area contributed by atoms with Gasteiger partial charge in [0.1, 0.15) is 13.2 Å². The number of azide groups is 2. The number of halogens is 1. The van der Waals surface area contributed by atoms with Crippen LogP contribution in [-0.2, 0) is 28.4 Å². The van der Waals surface area contributed by atoms with Gasteiger partial charge in [-0.1, -0.05) is 22.1 Å². The molecule has 0 saturated carbocycles. The first-order valence-electron chi connectivity index (χ1n) is 11.5. The van der Waals surface area contributed by atoms with E-state index in [0.29, 0.717) is 98.2 Å². The Bertz CT molecular complexity index is 603. The maximum absolute atomic E-state index is 8.32. The van der Waals surface area contributed by atoms with Crippen molar-refractivity contribution in [3.63, 3.8) is 0 Å². The molecular weight excluding hydrogens is 526 g/mol. The summed E-state index contributed by atoms with van der Waals surface area (Å²) in [7, 11) is 0. The molecule has 4 N–H and O–H groups in total. The Labute approximate surface area is 230 Å². The molecule has 0 bridgehead atoms. The fraction of sp³-hybridized carbons (Fsp3) is 0.818. The van der Waals surface area contributed by atoms with E-state index in [1.807, 2.05) is 0 Å². The summed E-state index contributed by atoms with van der Waals surface area (Å²) in [6, 6.07) is 0. The van der Waals surface area contributed by atoms with Crippen molar-refractivity contribution >= 4 is 11.6 Å². The normalized spacial score (nSPS) is 8.89. The van der Waals surface area contributed by atoms with Crippen LogP contribution in [0.1, 0.15) is 0 Å². The number of nitrogens with two attached hydrogens (primary N) is 1. The predicted octanol–water partition coefficient (Wildman–Crippen LogP) is 1.11. The summed E-state index contributed by atoms with van der Waals surface area (Å²) in [6.45, 7) is 6.60. The van der Waals surface area contributed by atoms with E-state index >= 15 is 0 Å². The molecule has 16 heteroatoms. The predicted molar refractivity (Wildman–Crippen MR) is 145 cm³/mol. The molecule has 220 valence electrons. The second kappa shape index (κ2) is 51.3. The molecule has 0 aliphatic rings. The van der Waals surface area contributed by atoms with Crippen molar-refractivity contribution in [2.75, 3.05) is 118 Å². The number of hydrogen-bond donors (Lipinski definition) is 3. The third-order valence-corrected chi connectivity index (χ3v) is 3.02. The zero-order valence-corrected chi connectivity index (χ0v) is 22.6. The Hall–Kier alpha value is -2.33. The van der Waals surface area contributed by atoms with E-state index in [4.69, 9.17) is 79.9 Å². The molecule has 0 spiro atoms. The summed E-state index contributed by atoms with van der Waals surface area (Å²) < 4.78 is 29.4. The highest BCUT2D eigenvalue weighted by molar-refractivity contribution is 6.17. The molecular formula is C22H42ClN7O8. The standard InChI is InChI=1S/C6H13ClO3.C6H13N3O3.C5H7N3O.C5H9NO/c7-1-3-9-5-6-10-4-2-8;7-9-8-1-3-11-5-6-12-4-2-10;1-2-4-9-5-3-7-8-6;1-2-4-7-5-3-6/h8H,1-6H2;10H,1-6H2;1H,3-5H2;1H,3-6H2. The van der Waals surface area contributed by atoms with Gasteiger partial charge in [0.05, 0.1) is 79.3 Å². The summed E-state index contributed by atoms with van der Waals surface area (Å²) in [5, 5.41) is 23.1. The van der Waals surface area contributed by atoms with Crippen LogP contribution in [0, 0.1) is 24.7 Å². The minimum Gasteiger partial charge on any atom is -0.394 e. The van der Waals surface area contributed by atoms with Gasteiger partial charge in [0.25, 0.3) is 0 Å². The van der Waals surface area contributed by atoms with Gasteiger partial charge in [-0.2, -0.15) is 0 Å². The lowest BCUT2D eigenvalue weighted by molar-refractivity contribution is 0.0354. The Balaban J connectivity index is -0.000000206. The van der Waals surface area contributed by atoms with Crippen LogP contribution in [0.3, 0.4) is 0 Å². The van der Waals surface area contributed by atoms with Crippen LogP contribution in [0.4, 0.5) is 0 Å². The number of nitrogens with zero attached hydrogens (tertiary/aromatic N) is 6. The van der Waals surface area contributed by atoms with Gasteiger partial charge in [-0.25, -0.2) is 0 Å². The lowest BCUT2D eigenvalue weighted by Gasteiger charge is -2.02. The third-order valence-electron chi connectivity index (χ3n) is 2.87. The van der Waals surface area contributed by atoms with Gasteiger partial charge < -0.3 is 44.4 Å². The van der Waals surface area contributed by atoms with Crippen LogP contribution in [0.25, 0.3) is 20.9 Å². The van der Waals surface area contributed by atoms with Crippen molar-refractivity contribution in [2.24, 2.45) is 16.0 Å². The molecule has 0 aromatic heterocycles. The Morgan fingerprint density at radius 2 is 1.05 bits per heavy atom. The number of aliphatic hydroxyl groups is 2. The molecule has 0 aromatic carbocycles. The first-order valence-corrected chi connectivity index (χ1v) is 12.0. The van der Waals surface area contributed by atoms with E-state index in [-0.39, 0.29) is 19.8 Å². The zero-order chi connectivity index (χ0) is 29.2. The quantitative estimate of drug-likeness (QED) is 0.0425. The van der Waals surface area contributed by atoms with Crippen LogP contribution in [0.15, 0.2) is 10.2 Å². The fourth-order valence-corrected chi connectivity index (χ4v) is 1.58. The molecule has 0 atom stereocenters. The molecule has 0 aliphatic heterocycles. The van der Waals surface area contributed by atoms with Crippen molar-refractivity contribution in [1.29, 1.82) is 0 Å². The topological polar surface area (TPSA) is 219 Å². The number of rotatable bonds is 22. The van der Waals surface area contributed by atoms with Gasteiger partial charge >= 0.3 is 0 Å². The van der Waals surface area contributed by atoms with Crippen molar-refractivity contribution in [3.8, 4) is 24.7 Å². The summed E-state index contributed by atoms with van der Waals surface area (Å²) in [6.07, 6.45) is 9.72. The van der Waals surface area contributed by atoms with E-state index in [1.54, 1.807) is 0 Å². The summed E-state index contributed by atoms with van der Waals surface area (Å²) in [5.41, 5.74) is 20.8. The lowest BCUT2D eigenvalue weighted by Crippen LogP contribution is -2.08. The van der Waals surface area contributed by atoms with Crippen molar-refractivity contribution in [2.45, 2.75) is 0 Å². The number of hydrogen-bond acceptors (Lipinski definition) is 11. The summed E-state index contributed by atoms with van der Waals surface area (Å²) in [4.78, 5) is 5.09. The molecule has 0 heterocycles. The SMILES string of the molecule is C#CCOCCN.C#CCOCCN=[N+]=[N-].OCCOCCOCCCl.[N-]=[N+]=NCCOCCOCCO. The van der Waals surface area contributed by atoms with Crippen molar-refractivity contribution < 1.29 is 38.6 Å². The number of alkyl halides is 1. The second-order valence-corrected chi connectivity index (χ2v) is 6.17. The molecule has 0 aliphatic carbocycles. The molecule has 0 aromatic rings. The van der Waals surface area contributed by atoms with Crippen molar-refractivity contribution in [3.05, 3.63) is 20.9 Å². The number of ether oxygens (including phenoxy) is 6. The minimum absolute atomic E-state index is 0.0265. The molecule has 0 amide bonds. The van der Waals surface area contributed by atoms with E-state index in [0.717, 1.165) is 0 Å². The summed E-state index contributed by atoms with van der Waals surface area (Å²) >= 11 is 5.34. The average molecular weight is 568 g/mol. The van der Waals surface area contributed by atoms with Gasteiger partial charge in [-0.05, 0) is 11.1 Å². The van der Waals surface area contributed by atoms with E-state index in [1.165, 1.54) is 0 Å². The first kappa shape index (κ1) is 42.7. The minimum atomic E-state index is 0.0265. The average Bonchev–Trinajstić information content (AvgIpc) is 2.94. The van der Waals surface area contributed by atoms with Crippen LogP contribution >= 0.6 is 11.6 Å². The molecule has 0 unspecified atom stereocenters. The smallest absolute Gasteiger partial charge is 0.107 e. The van der Waals surface area contributed by atoms with E-state index in [9.17, 15) is 0 Å². The van der Waals surface area contributed by atoms with Crippen LogP contribution in [0.5, 0.6) is 0 Å². The summed E-state index contributed by atoms with van der Waals surface area (Å²) in [5.74, 6) is 5.13. The monoisotopic (exact) mass is 567 g/mol. The fourth-order valence-electron chi connectivity index (χ4n) is 1.47. The van der Waals surface area contributed by atoms with E-state index < -0.39 is 0 Å². The zero-order valence-electron chi connectivity index (χ0n) is 21.9. The molecule has 38 heavy (non-hydrogen) atoms. The van der Waals surface area contributed by atoms with Crippen LogP contribution in [-0.4, -0.2) is 128 Å². The molecule has 0 rings (SSSR count). The maximum atomic E-state index is 8.32. The van der Waals surface area contributed by atoms with Gasteiger partial charge in [-0.3, -0.25) is 0 Å². The second-order valence-electron chi connectivity index (χ2n) is 5.80. The Morgan fingerprint density at radius 3 is 1.42 bits per heavy atom. The highest BCUT2D eigenvalue weighted by atomic mass is 35.5. The molecule has 0 fully saturated rings.